The SMILES string of the molecule is CC(O)CCNC(=O)NCC1(c2cccc(Br)c2)CC1. The molecule has 0 saturated heterocycles. The lowest BCUT2D eigenvalue weighted by molar-refractivity contribution is 0.183. The van der Waals surface area contributed by atoms with Gasteiger partial charge in [0, 0.05) is 23.0 Å². The minimum Gasteiger partial charge on any atom is -0.393 e. The second-order valence-electron chi connectivity index (χ2n) is 5.54. The monoisotopic (exact) mass is 340 g/mol. The number of nitrogens with one attached hydrogen (secondary N) is 2. The molecule has 1 aliphatic carbocycles. The summed E-state index contributed by atoms with van der Waals surface area (Å²) in [6.07, 6.45) is 2.41. The van der Waals surface area contributed by atoms with E-state index in [1.807, 2.05) is 12.1 Å². The van der Waals surface area contributed by atoms with Gasteiger partial charge in [-0.2, -0.15) is 0 Å². The van der Waals surface area contributed by atoms with E-state index in [2.05, 4.69) is 38.7 Å². The fourth-order valence-electron chi connectivity index (χ4n) is 2.24. The topological polar surface area (TPSA) is 61.4 Å². The minimum absolute atomic E-state index is 0.103. The summed E-state index contributed by atoms with van der Waals surface area (Å²) < 4.78 is 1.07. The Morgan fingerprint density at radius 1 is 1.45 bits per heavy atom. The first-order valence-corrected chi connectivity index (χ1v) is 7.77. The Morgan fingerprint density at radius 2 is 2.20 bits per heavy atom. The van der Waals surface area contributed by atoms with Gasteiger partial charge in [0.25, 0.3) is 0 Å². The molecule has 3 N–H and O–H groups in total. The maximum Gasteiger partial charge on any atom is 0.314 e. The third-order valence-electron chi connectivity index (χ3n) is 3.73. The molecule has 4 nitrogen and oxygen atoms in total. The van der Waals surface area contributed by atoms with Gasteiger partial charge in [-0.25, -0.2) is 4.79 Å². The molecule has 1 atom stereocenters. The molecule has 110 valence electrons. The second kappa shape index (κ2) is 6.59. The van der Waals surface area contributed by atoms with Crippen LogP contribution >= 0.6 is 15.9 Å². The van der Waals surface area contributed by atoms with E-state index < -0.39 is 0 Å². The minimum atomic E-state index is -0.383. The highest BCUT2D eigenvalue weighted by Gasteiger charge is 2.44. The molecule has 20 heavy (non-hydrogen) atoms. The first-order chi connectivity index (χ1) is 9.52. The number of carbonyl (C=O) groups is 1. The number of aliphatic hydroxyl groups excluding tert-OH is 1. The number of urea groups is 1. The Kier molecular flexibility index (Phi) is 5.05. The molecule has 2 amide bonds. The molecule has 1 fully saturated rings. The highest BCUT2D eigenvalue weighted by Crippen LogP contribution is 2.48. The lowest BCUT2D eigenvalue weighted by atomic mass is 9.96. The van der Waals surface area contributed by atoms with Crippen molar-refractivity contribution in [2.75, 3.05) is 13.1 Å². The normalized spacial score (nSPS) is 17.4. The highest BCUT2D eigenvalue weighted by atomic mass is 79.9. The number of halogens is 1. The van der Waals surface area contributed by atoms with E-state index >= 15 is 0 Å². The lowest BCUT2D eigenvalue weighted by Gasteiger charge is -2.17. The van der Waals surface area contributed by atoms with Gasteiger partial charge in [0.05, 0.1) is 6.10 Å². The van der Waals surface area contributed by atoms with E-state index in [9.17, 15) is 4.79 Å². The van der Waals surface area contributed by atoms with Crippen molar-refractivity contribution >= 4 is 22.0 Å². The number of rotatable bonds is 6. The Hall–Kier alpha value is -1.07. The Labute approximate surface area is 128 Å². The molecule has 5 heteroatoms. The third kappa shape index (κ3) is 4.21. The molecule has 0 heterocycles. The molecular formula is C15H21BrN2O2. The smallest absolute Gasteiger partial charge is 0.314 e. The standard InChI is InChI=1S/C15H21BrN2O2/c1-11(19)5-8-17-14(20)18-10-15(6-7-15)12-3-2-4-13(16)9-12/h2-4,9,11,19H,5-8,10H2,1H3,(H2,17,18,20). The molecule has 2 rings (SSSR count). The summed E-state index contributed by atoms with van der Waals surface area (Å²) >= 11 is 3.49. The van der Waals surface area contributed by atoms with E-state index in [-0.39, 0.29) is 17.6 Å². The average molecular weight is 341 g/mol. The van der Waals surface area contributed by atoms with Crippen LogP contribution in [0.15, 0.2) is 28.7 Å². The van der Waals surface area contributed by atoms with Crippen LogP contribution in [0.4, 0.5) is 4.79 Å². The molecule has 1 unspecified atom stereocenters. The van der Waals surface area contributed by atoms with Gasteiger partial charge >= 0.3 is 6.03 Å². The Bertz CT molecular complexity index is 473. The Morgan fingerprint density at radius 3 is 2.80 bits per heavy atom. The van der Waals surface area contributed by atoms with Gasteiger partial charge in [-0.1, -0.05) is 28.1 Å². The zero-order valence-corrected chi connectivity index (χ0v) is 13.2. The van der Waals surface area contributed by atoms with Crippen molar-refractivity contribution in [3.63, 3.8) is 0 Å². The van der Waals surface area contributed by atoms with Gasteiger partial charge < -0.3 is 15.7 Å². The maximum absolute atomic E-state index is 11.7. The van der Waals surface area contributed by atoms with E-state index in [0.717, 1.165) is 17.3 Å². The van der Waals surface area contributed by atoms with E-state index in [1.54, 1.807) is 6.92 Å². The van der Waals surface area contributed by atoms with Crippen molar-refractivity contribution in [1.29, 1.82) is 0 Å². The van der Waals surface area contributed by atoms with E-state index in [0.29, 0.717) is 19.5 Å². The van der Waals surface area contributed by atoms with E-state index in [1.165, 1.54) is 5.56 Å². The predicted octanol–water partition coefficient (Wildman–Crippen LogP) is 2.55. The number of carbonyl (C=O) groups excluding carboxylic acids is 1. The van der Waals surface area contributed by atoms with Crippen LogP contribution in [0.3, 0.4) is 0 Å². The van der Waals surface area contributed by atoms with Crippen LogP contribution in [0.5, 0.6) is 0 Å². The first-order valence-electron chi connectivity index (χ1n) is 6.98. The van der Waals surface area contributed by atoms with Gasteiger partial charge in [-0.05, 0) is 43.9 Å². The largest absolute Gasteiger partial charge is 0.393 e. The van der Waals surface area contributed by atoms with Crippen LogP contribution in [-0.2, 0) is 5.41 Å². The van der Waals surface area contributed by atoms with Crippen molar-refractivity contribution < 1.29 is 9.90 Å². The third-order valence-corrected chi connectivity index (χ3v) is 4.22. The molecule has 1 aromatic rings. The summed E-state index contributed by atoms with van der Waals surface area (Å²) in [4.78, 5) is 11.7. The zero-order valence-electron chi connectivity index (χ0n) is 11.7. The summed E-state index contributed by atoms with van der Waals surface area (Å²) in [5.41, 5.74) is 1.38. The predicted molar refractivity (Wildman–Crippen MR) is 82.8 cm³/mol. The van der Waals surface area contributed by atoms with Gasteiger partial charge in [0.1, 0.15) is 0 Å². The van der Waals surface area contributed by atoms with Crippen molar-refractivity contribution in [3.8, 4) is 0 Å². The van der Waals surface area contributed by atoms with Crippen molar-refractivity contribution in [2.24, 2.45) is 0 Å². The molecule has 0 radical (unpaired) electrons. The number of hydrogen-bond donors (Lipinski definition) is 3. The molecule has 1 aromatic carbocycles. The van der Waals surface area contributed by atoms with Gasteiger partial charge in [-0.3, -0.25) is 0 Å². The summed E-state index contributed by atoms with van der Waals surface area (Å²) in [5, 5.41) is 14.8. The van der Waals surface area contributed by atoms with Gasteiger partial charge in [0.15, 0.2) is 0 Å². The molecular weight excluding hydrogens is 320 g/mol. The number of benzene rings is 1. The van der Waals surface area contributed by atoms with Gasteiger partial charge in [0.2, 0.25) is 0 Å². The number of aliphatic hydroxyl groups is 1. The fourth-order valence-corrected chi connectivity index (χ4v) is 2.64. The van der Waals surface area contributed by atoms with Crippen LogP contribution in [0.2, 0.25) is 0 Å². The second-order valence-corrected chi connectivity index (χ2v) is 6.45. The molecule has 1 aliphatic rings. The van der Waals surface area contributed by atoms with Crippen molar-refractivity contribution in [1.82, 2.24) is 10.6 Å². The van der Waals surface area contributed by atoms with Crippen LogP contribution in [0.1, 0.15) is 31.7 Å². The van der Waals surface area contributed by atoms with Crippen LogP contribution < -0.4 is 10.6 Å². The quantitative estimate of drug-likeness (QED) is 0.745. The average Bonchev–Trinajstić information content (AvgIpc) is 3.17. The number of amides is 2. The maximum atomic E-state index is 11.7. The zero-order chi connectivity index (χ0) is 14.6. The lowest BCUT2D eigenvalue weighted by Crippen LogP contribution is -2.40. The van der Waals surface area contributed by atoms with E-state index in [4.69, 9.17) is 5.11 Å². The summed E-state index contributed by atoms with van der Waals surface area (Å²) in [7, 11) is 0. The van der Waals surface area contributed by atoms with Crippen molar-refractivity contribution in [2.45, 2.75) is 37.7 Å². The van der Waals surface area contributed by atoms with Crippen LogP contribution in [0.25, 0.3) is 0 Å². The summed E-state index contributed by atoms with van der Waals surface area (Å²) in [6, 6.07) is 8.12. The Balaban J connectivity index is 1.80. The molecule has 1 saturated carbocycles. The number of hydrogen-bond acceptors (Lipinski definition) is 2. The molecule has 0 bridgehead atoms. The first kappa shape index (κ1) is 15.3. The molecule has 0 aliphatic heterocycles. The summed E-state index contributed by atoms with van der Waals surface area (Å²) in [5.74, 6) is 0. The van der Waals surface area contributed by atoms with Crippen LogP contribution in [0, 0.1) is 0 Å². The molecule has 0 aromatic heterocycles. The van der Waals surface area contributed by atoms with Crippen LogP contribution in [-0.4, -0.2) is 30.3 Å². The fraction of sp³-hybridized carbons (Fsp3) is 0.533. The van der Waals surface area contributed by atoms with Crippen molar-refractivity contribution in [3.05, 3.63) is 34.3 Å². The highest BCUT2D eigenvalue weighted by molar-refractivity contribution is 9.10. The molecule has 0 spiro atoms. The summed E-state index contributed by atoms with van der Waals surface area (Å²) in [6.45, 7) is 2.86. The van der Waals surface area contributed by atoms with Gasteiger partial charge in [-0.15, -0.1) is 0 Å².